The van der Waals surface area contributed by atoms with Gasteiger partial charge in [0, 0.05) is 5.56 Å². The van der Waals surface area contributed by atoms with Crippen molar-refractivity contribution >= 4 is 5.78 Å². The fourth-order valence-corrected chi connectivity index (χ4v) is 1.72. The van der Waals surface area contributed by atoms with Crippen molar-refractivity contribution in [3.63, 3.8) is 0 Å². The molecule has 0 saturated carbocycles. The number of carbonyl (C=O) groups is 1. The van der Waals surface area contributed by atoms with Gasteiger partial charge in [-0.1, -0.05) is 13.5 Å². The molecule has 1 aromatic rings. The van der Waals surface area contributed by atoms with Crippen LogP contribution in [0.2, 0.25) is 0 Å². The van der Waals surface area contributed by atoms with Gasteiger partial charge in [-0.15, -0.1) is 0 Å². The maximum absolute atomic E-state index is 11.6. The van der Waals surface area contributed by atoms with Crippen LogP contribution in [0.5, 0.6) is 5.75 Å². The normalized spacial score (nSPS) is 9.94. The number of rotatable bonds is 5. The molecular formula is C14H18O2. The molecule has 0 N–H and O–H groups in total. The standard InChI is InChI=1S/C14H18O2/c1-5-7-16-12-8-10(3)14(11(4)9-12)13(15)6-2/h6,8-9H,2,5,7H2,1,3-4H3. The Hall–Kier alpha value is -1.57. The van der Waals surface area contributed by atoms with E-state index in [1.54, 1.807) is 0 Å². The van der Waals surface area contributed by atoms with E-state index in [0.717, 1.165) is 28.9 Å². The van der Waals surface area contributed by atoms with E-state index in [2.05, 4.69) is 13.5 Å². The molecule has 0 fully saturated rings. The van der Waals surface area contributed by atoms with Crippen molar-refractivity contribution in [2.75, 3.05) is 6.61 Å². The van der Waals surface area contributed by atoms with E-state index in [0.29, 0.717) is 6.61 Å². The molecule has 0 saturated heterocycles. The Morgan fingerprint density at radius 2 is 1.94 bits per heavy atom. The third-order valence-electron chi connectivity index (χ3n) is 2.41. The molecule has 0 aliphatic heterocycles. The molecule has 16 heavy (non-hydrogen) atoms. The number of benzene rings is 1. The van der Waals surface area contributed by atoms with Crippen molar-refractivity contribution in [2.24, 2.45) is 0 Å². The topological polar surface area (TPSA) is 26.3 Å². The van der Waals surface area contributed by atoms with Gasteiger partial charge < -0.3 is 4.74 Å². The first kappa shape index (κ1) is 12.5. The highest BCUT2D eigenvalue weighted by molar-refractivity contribution is 6.06. The summed E-state index contributed by atoms with van der Waals surface area (Å²) in [7, 11) is 0. The lowest BCUT2D eigenvalue weighted by molar-refractivity contribution is 0.104. The van der Waals surface area contributed by atoms with E-state index in [4.69, 9.17) is 4.74 Å². The Bertz CT molecular complexity index is 382. The van der Waals surface area contributed by atoms with Crippen molar-refractivity contribution in [3.05, 3.63) is 41.5 Å². The molecule has 1 rings (SSSR count). The number of hydrogen-bond acceptors (Lipinski definition) is 2. The van der Waals surface area contributed by atoms with Crippen LogP contribution in [0.3, 0.4) is 0 Å². The molecule has 86 valence electrons. The van der Waals surface area contributed by atoms with Gasteiger partial charge in [-0.2, -0.15) is 0 Å². The van der Waals surface area contributed by atoms with Gasteiger partial charge in [-0.25, -0.2) is 0 Å². The molecule has 0 aliphatic rings. The van der Waals surface area contributed by atoms with E-state index >= 15 is 0 Å². The van der Waals surface area contributed by atoms with Crippen molar-refractivity contribution in [3.8, 4) is 5.75 Å². The Morgan fingerprint density at radius 1 is 1.38 bits per heavy atom. The number of aryl methyl sites for hydroxylation is 2. The summed E-state index contributed by atoms with van der Waals surface area (Å²) in [6.07, 6.45) is 2.33. The molecule has 0 heterocycles. The maximum Gasteiger partial charge on any atom is 0.185 e. The predicted octanol–water partition coefficient (Wildman–Crippen LogP) is 3.46. The lowest BCUT2D eigenvalue weighted by atomic mass is 9.98. The first-order chi connectivity index (χ1) is 7.60. The van der Waals surface area contributed by atoms with E-state index in [1.165, 1.54) is 6.08 Å². The molecule has 0 aromatic heterocycles. The van der Waals surface area contributed by atoms with Gasteiger partial charge in [0.2, 0.25) is 0 Å². The van der Waals surface area contributed by atoms with Gasteiger partial charge in [-0.3, -0.25) is 4.79 Å². The van der Waals surface area contributed by atoms with Crippen molar-refractivity contribution in [1.29, 1.82) is 0 Å². The molecule has 2 heteroatoms. The van der Waals surface area contributed by atoms with Crippen LogP contribution < -0.4 is 4.74 Å². The molecule has 0 radical (unpaired) electrons. The number of ketones is 1. The monoisotopic (exact) mass is 218 g/mol. The van der Waals surface area contributed by atoms with E-state index in [-0.39, 0.29) is 5.78 Å². The zero-order valence-electron chi connectivity index (χ0n) is 10.2. The molecule has 0 spiro atoms. The molecule has 0 amide bonds. The molecule has 0 bridgehead atoms. The Kier molecular flexibility index (Phi) is 4.29. The summed E-state index contributed by atoms with van der Waals surface area (Å²) in [5.41, 5.74) is 2.62. The SMILES string of the molecule is C=CC(=O)c1c(C)cc(OCCC)cc1C. The average molecular weight is 218 g/mol. The Balaban J connectivity index is 3.07. The highest BCUT2D eigenvalue weighted by Gasteiger charge is 2.10. The second-order valence-corrected chi connectivity index (χ2v) is 3.85. The van der Waals surface area contributed by atoms with Crippen LogP contribution >= 0.6 is 0 Å². The van der Waals surface area contributed by atoms with Gasteiger partial charge in [0.05, 0.1) is 6.61 Å². The van der Waals surface area contributed by atoms with Gasteiger partial charge in [-0.05, 0) is 49.6 Å². The smallest absolute Gasteiger partial charge is 0.185 e. The number of ether oxygens (including phenoxy) is 1. The quantitative estimate of drug-likeness (QED) is 0.559. The molecular weight excluding hydrogens is 200 g/mol. The summed E-state index contributed by atoms with van der Waals surface area (Å²) < 4.78 is 5.55. The first-order valence-corrected chi connectivity index (χ1v) is 5.51. The fraction of sp³-hybridized carbons (Fsp3) is 0.357. The van der Waals surface area contributed by atoms with Crippen LogP contribution in [0.25, 0.3) is 0 Å². The van der Waals surface area contributed by atoms with Gasteiger partial charge in [0.25, 0.3) is 0 Å². The number of carbonyl (C=O) groups excluding carboxylic acids is 1. The summed E-state index contributed by atoms with van der Waals surface area (Å²) in [6, 6.07) is 3.80. The summed E-state index contributed by atoms with van der Waals surface area (Å²) in [5, 5.41) is 0. The van der Waals surface area contributed by atoms with E-state index < -0.39 is 0 Å². The summed E-state index contributed by atoms with van der Waals surface area (Å²) in [4.78, 5) is 11.6. The van der Waals surface area contributed by atoms with Crippen molar-refractivity contribution in [2.45, 2.75) is 27.2 Å². The van der Waals surface area contributed by atoms with Crippen LogP contribution in [0.1, 0.15) is 34.8 Å². The lowest BCUT2D eigenvalue weighted by Gasteiger charge is -2.11. The minimum Gasteiger partial charge on any atom is -0.494 e. The Labute approximate surface area is 96.9 Å². The summed E-state index contributed by atoms with van der Waals surface area (Å²) >= 11 is 0. The highest BCUT2D eigenvalue weighted by atomic mass is 16.5. The van der Waals surface area contributed by atoms with Gasteiger partial charge in [0.1, 0.15) is 5.75 Å². The van der Waals surface area contributed by atoms with Gasteiger partial charge in [0.15, 0.2) is 5.78 Å². The third kappa shape index (κ3) is 2.72. The minimum absolute atomic E-state index is 0.0305. The number of hydrogen-bond donors (Lipinski definition) is 0. The lowest BCUT2D eigenvalue weighted by Crippen LogP contribution is -2.03. The molecule has 0 aliphatic carbocycles. The average Bonchev–Trinajstić information content (AvgIpc) is 2.25. The van der Waals surface area contributed by atoms with Crippen LogP contribution in [0, 0.1) is 13.8 Å². The summed E-state index contributed by atoms with van der Waals surface area (Å²) in [5.74, 6) is 0.800. The maximum atomic E-state index is 11.6. The molecule has 0 atom stereocenters. The largest absolute Gasteiger partial charge is 0.494 e. The zero-order chi connectivity index (χ0) is 12.1. The number of allylic oxidation sites excluding steroid dienone is 1. The van der Waals surface area contributed by atoms with E-state index in [1.807, 2.05) is 26.0 Å². The second-order valence-electron chi connectivity index (χ2n) is 3.85. The second kappa shape index (κ2) is 5.50. The minimum atomic E-state index is -0.0305. The van der Waals surface area contributed by atoms with Crippen molar-refractivity contribution in [1.82, 2.24) is 0 Å². The van der Waals surface area contributed by atoms with Crippen LogP contribution in [0.15, 0.2) is 24.8 Å². The third-order valence-corrected chi connectivity index (χ3v) is 2.41. The predicted molar refractivity (Wildman–Crippen MR) is 66.2 cm³/mol. The molecule has 0 unspecified atom stereocenters. The first-order valence-electron chi connectivity index (χ1n) is 5.51. The van der Waals surface area contributed by atoms with Crippen molar-refractivity contribution < 1.29 is 9.53 Å². The highest BCUT2D eigenvalue weighted by Crippen LogP contribution is 2.22. The van der Waals surface area contributed by atoms with Crippen LogP contribution in [-0.2, 0) is 0 Å². The van der Waals surface area contributed by atoms with Crippen LogP contribution in [-0.4, -0.2) is 12.4 Å². The van der Waals surface area contributed by atoms with E-state index in [9.17, 15) is 4.79 Å². The Morgan fingerprint density at radius 3 is 2.38 bits per heavy atom. The van der Waals surface area contributed by atoms with Crippen LogP contribution in [0.4, 0.5) is 0 Å². The fourth-order valence-electron chi connectivity index (χ4n) is 1.72. The molecule has 1 aromatic carbocycles. The zero-order valence-corrected chi connectivity index (χ0v) is 10.2. The molecule has 2 nitrogen and oxygen atoms in total. The van der Waals surface area contributed by atoms with Gasteiger partial charge >= 0.3 is 0 Å². The summed E-state index contributed by atoms with van der Waals surface area (Å²) in [6.45, 7) is 10.1.